The summed E-state index contributed by atoms with van der Waals surface area (Å²) in [4.78, 5) is 12.0. The molecule has 2 aromatic rings. The van der Waals surface area contributed by atoms with E-state index in [1.807, 2.05) is 49.6 Å². The van der Waals surface area contributed by atoms with Crippen molar-refractivity contribution in [1.29, 1.82) is 0 Å². The molecule has 1 N–H and O–H groups in total. The molecule has 2 atom stereocenters. The second-order valence-corrected chi connectivity index (χ2v) is 8.43. The van der Waals surface area contributed by atoms with Crippen LogP contribution in [0.25, 0.3) is 0 Å². The largest absolute Gasteiger partial charge is 0.464 e. The Morgan fingerprint density at radius 3 is 2.30 bits per heavy atom. The zero-order valence-electron chi connectivity index (χ0n) is 18.2. The Morgan fingerprint density at radius 2 is 1.70 bits per heavy atom. The fourth-order valence-electron chi connectivity index (χ4n) is 3.04. The SMILES string of the molecule is C=[SH+](C)Oc1ccc(CCCNc2ccc(CC(OCC)C(=O)OCC)cc2)cc1. The number of thiol groups is 1. The van der Waals surface area contributed by atoms with Gasteiger partial charge in [-0.15, -0.1) is 0 Å². The minimum atomic E-state index is -0.631. The number of anilines is 1. The van der Waals surface area contributed by atoms with Gasteiger partial charge >= 0.3 is 5.97 Å². The number of rotatable bonds is 13. The van der Waals surface area contributed by atoms with Crippen LogP contribution in [-0.2, 0) is 37.9 Å². The molecule has 0 bridgehead atoms. The van der Waals surface area contributed by atoms with E-state index < -0.39 is 16.9 Å². The first-order valence-corrected chi connectivity index (χ1v) is 12.3. The van der Waals surface area contributed by atoms with Crippen molar-refractivity contribution in [2.75, 3.05) is 31.3 Å². The van der Waals surface area contributed by atoms with Crippen LogP contribution < -0.4 is 9.50 Å². The van der Waals surface area contributed by atoms with Gasteiger partial charge in [0.05, 0.1) is 18.7 Å². The summed E-state index contributed by atoms with van der Waals surface area (Å²) in [5.74, 6) is 4.48. The molecule has 0 radical (unpaired) electrons. The van der Waals surface area contributed by atoms with Gasteiger partial charge in [-0.1, -0.05) is 24.3 Å². The van der Waals surface area contributed by atoms with Crippen LogP contribution >= 0.6 is 0 Å². The lowest BCUT2D eigenvalue weighted by Gasteiger charge is -2.16. The fourth-order valence-corrected chi connectivity index (χ4v) is 3.52. The van der Waals surface area contributed by atoms with Crippen molar-refractivity contribution < 1.29 is 18.5 Å². The van der Waals surface area contributed by atoms with Crippen molar-refractivity contribution in [3.05, 3.63) is 59.7 Å². The van der Waals surface area contributed by atoms with Crippen LogP contribution in [0.4, 0.5) is 5.69 Å². The predicted molar refractivity (Wildman–Crippen MR) is 128 cm³/mol. The van der Waals surface area contributed by atoms with E-state index in [1.54, 1.807) is 6.92 Å². The van der Waals surface area contributed by atoms with E-state index in [9.17, 15) is 4.79 Å². The molecule has 164 valence electrons. The number of nitrogens with one attached hydrogen (secondary N) is 1. The van der Waals surface area contributed by atoms with Crippen LogP contribution in [0.1, 0.15) is 31.4 Å². The van der Waals surface area contributed by atoms with Crippen LogP contribution in [-0.4, -0.2) is 44.0 Å². The lowest BCUT2D eigenvalue weighted by molar-refractivity contribution is -0.156. The molecule has 0 saturated heterocycles. The van der Waals surface area contributed by atoms with E-state index in [2.05, 4.69) is 23.3 Å². The first-order chi connectivity index (χ1) is 14.5. The van der Waals surface area contributed by atoms with Gasteiger partial charge in [0, 0.05) is 36.0 Å². The number of esters is 1. The predicted octanol–water partition coefficient (Wildman–Crippen LogP) is 3.95. The molecule has 5 nitrogen and oxygen atoms in total. The van der Waals surface area contributed by atoms with Crippen molar-refractivity contribution in [1.82, 2.24) is 0 Å². The molecular formula is C24H34NO4S+. The second kappa shape index (κ2) is 13.1. The highest BCUT2D eigenvalue weighted by Gasteiger charge is 2.20. The lowest BCUT2D eigenvalue weighted by Crippen LogP contribution is -2.28. The Labute approximate surface area is 182 Å². The minimum absolute atomic E-state index is 0.303. The van der Waals surface area contributed by atoms with Gasteiger partial charge in [-0.25, -0.2) is 4.79 Å². The normalized spacial score (nSPS) is 12.8. The highest BCUT2D eigenvalue weighted by atomic mass is 32.2. The number of carbonyl (C=O) groups is 1. The number of carbonyl (C=O) groups excluding carboxylic acids is 1. The molecule has 6 heteroatoms. The van der Waals surface area contributed by atoms with Gasteiger partial charge in [0.25, 0.3) is 0 Å². The first kappa shape index (κ1) is 24.0. The quantitative estimate of drug-likeness (QED) is 0.171. The standard InChI is InChI=1S/C24H33NO4S/c1-5-27-23(24(26)28-6-2)18-20-9-13-21(14-10-20)25-17-7-8-19-11-15-22(16-12-19)29-30(3)4/h9-16,23,25H,3,5-8,17-18H2,1-2,4H3/p+1. The number of hydrogen-bond acceptors (Lipinski definition) is 5. The first-order valence-electron chi connectivity index (χ1n) is 10.4. The molecule has 0 aliphatic rings. The topological polar surface area (TPSA) is 56.8 Å². The third kappa shape index (κ3) is 8.59. The minimum Gasteiger partial charge on any atom is -0.464 e. The van der Waals surface area contributed by atoms with Gasteiger partial charge < -0.3 is 19.0 Å². The summed E-state index contributed by atoms with van der Waals surface area (Å²) in [6, 6.07) is 16.4. The van der Waals surface area contributed by atoms with Crippen molar-refractivity contribution in [2.24, 2.45) is 0 Å². The van der Waals surface area contributed by atoms with Crippen molar-refractivity contribution in [3.8, 4) is 5.75 Å². The molecular weight excluding hydrogens is 398 g/mol. The number of hydrogen-bond donors (Lipinski definition) is 1. The Hall–Kier alpha value is -2.31. The number of aryl methyl sites for hydroxylation is 1. The Balaban J connectivity index is 1.76. The van der Waals surface area contributed by atoms with Crippen LogP contribution in [0.3, 0.4) is 0 Å². The van der Waals surface area contributed by atoms with E-state index >= 15 is 0 Å². The fraction of sp³-hybridized carbons (Fsp3) is 0.417. The molecule has 0 heterocycles. The third-order valence-corrected chi connectivity index (χ3v) is 4.97. The van der Waals surface area contributed by atoms with Gasteiger partial charge in [0.1, 0.15) is 0 Å². The summed E-state index contributed by atoms with van der Waals surface area (Å²) < 4.78 is 16.3. The summed E-state index contributed by atoms with van der Waals surface area (Å²) in [6.45, 7) is 5.41. The maximum Gasteiger partial charge on any atom is 0.335 e. The molecule has 2 rings (SSSR count). The molecule has 30 heavy (non-hydrogen) atoms. The molecule has 0 aliphatic heterocycles. The Kier molecular flexibility index (Phi) is 10.5. The summed E-state index contributed by atoms with van der Waals surface area (Å²) >= 11 is 0. The van der Waals surface area contributed by atoms with Crippen molar-refractivity contribution >= 4 is 28.3 Å². The van der Waals surface area contributed by atoms with E-state index in [4.69, 9.17) is 13.7 Å². The van der Waals surface area contributed by atoms with Crippen LogP contribution in [0, 0.1) is 0 Å². The Morgan fingerprint density at radius 1 is 1.03 bits per heavy atom. The van der Waals surface area contributed by atoms with E-state index in [-0.39, 0.29) is 5.97 Å². The van der Waals surface area contributed by atoms with Gasteiger partial charge in [0.15, 0.2) is 11.9 Å². The highest BCUT2D eigenvalue weighted by molar-refractivity contribution is 7.89. The van der Waals surface area contributed by atoms with Crippen LogP contribution in [0.2, 0.25) is 0 Å². The van der Waals surface area contributed by atoms with Gasteiger partial charge in [-0.2, -0.15) is 0 Å². The van der Waals surface area contributed by atoms with Gasteiger partial charge in [-0.3, -0.25) is 0 Å². The van der Waals surface area contributed by atoms with Crippen LogP contribution in [0.15, 0.2) is 48.5 Å². The lowest BCUT2D eigenvalue weighted by atomic mass is 10.1. The van der Waals surface area contributed by atoms with E-state index in [0.717, 1.165) is 36.4 Å². The average Bonchev–Trinajstić information content (AvgIpc) is 2.73. The molecule has 0 amide bonds. The molecule has 0 aliphatic carbocycles. The highest BCUT2D eigenvalue weighted by Crippen LogP contribution is 2.16. The molecule has 0 aromatic heterocycles. The monoisotopic (exact) mass is 432 g/mol. The zero-order valence-corrected chi connectivity index (χ0v) is 19.1. The molecule has 0 spiro atoms. The van der Waals surface area contributed by atoms with Gasteiger partial charge in [0.2, 0.25) is 0 Å². The zero-order chi connectivity index (χ0) is 21.8. The summed E-state index contributed by atoms with van der Waals surface area (Å²) in [6.07, 6.45) is 3.99. The maximum atomic E-state index is 12.0. The van der Waals surface area contributed by atoms with Crippen LogP contribution in [0.5, 0.6) is 5.75 Å². The molecule has 2 aromatic carbocycles. The summed E-state index contributed by atoms with van der Waals surface area (Å²) in [7, 11) is -0.631. The molecule has 0 fully saturated rings. The van der Waals surface area contributed by atoms with Crippen molar-refractivity contribution in [2.45, 2.75) is 39.2 Å². The maximum absolute atomic E-state index is 12.0. The van der Waals surface area contributed by atoms with Crippen molar-refractivity contribution in [3.63, 3.8) is 0 Å². The summed E-state index contributed by atoms with van der Waals surface area (Å²) in [5, 5.41) is 3.45. The number of benzene rings is 2. The third-order valence-electron chi connectivity index (χ3n) is 4.45. The molecule has 2 unspecified atom stereocenters. The smallest absolute Gasteiger partial charge is 0.335 e. The summed E-state index contributed by atoms with van der Waals surface area (Å²) in [5.41, 5.74) is 3.41. The van der Waals surface area contributed by atoms with Gasteiger partial charge in [-0.05, 0) is 62.1 Å². The second-order valence-electron chi connectivity index (χ2n) is 6.99. The average molecular weight is 433 g/mol. The number of ether oxygens (including phenoxy) is 2. The van der Waals surface area contributed by atoms with E-state index in [0.29, 0.717) is 19.6 Å². The molecule has 0 saturated carbocycles. The van der Waals surface area contributed by atoms with E-state index in [1.165, 1.54) is 5.56 Å². The Bertz CT molecular complexity index is 790.